The third kappa shape index (κ3) is 6.13. The van der Waals surface area contributed by atoms with Gasteiger partial charge in [0.05, 0.1) is 6.21 Å². The fourth-order valence-corrected chi connectivity index (χ4v) is 1.86. The molecule has 0 aliphatic carbocycles. The molecule has 0 radical (unpaired) electrons. The molecule has 0 aliphatic rings. The summed E-state index contributed by atoms with van der Waals surface area (Å²) in [5.41, 5.74) is 5.20. The van der Waals surface area contributed by atoms with E-state index in [9.17, 15) is 9.59 Å². The first-order valence-electron chi connectivity index (χ1n) is 7.37. The number of aryl methyl sites for hydroxylation is 1. The minimum atomic E-state index is -0.295. The highest BCUT2D eigenvalue weighted by Crippen LogP contribution is 2.06. The minimum Gasteiger partial charge on any atom is -0.326 e. The van der Waals surface area contributed by atoms with Crippen molar-refractivity contribution in [3.63, 3.8) is 0 Å². The second kappa shape index (κ2) is 8.48. The summed E-state index contributed by atoms with van der Waals surface area (Å²) in [6.45, 7) is 2.00. The zero-order chi connectivity index (χ0) is 16.5. The quantitative estimate of drug-likeness (QED) is 0.636. The van der Waals surface area contributed by atoms with Crippen LogP contribution >= 0.6 is 0 Å². The van der Waals surface area contributed by atoms with Crippen LogP contribution in [-0.4, -0.2) is 18.0 Å². The molecule has 0 saturated carbocycles. The highest BCUT2D eigenvalue weighted by molar-refractivity contribution is 5.93. The topological polar surface area (TPSA) is 70.6 Å². The van der Waals surface area contributed by atoms with Crippen LogP contribution in [0.4, 0.5) is 5.69 Å². The molecule has 0 bridgehead atoms. The van der Waals surface area contributed by atoms with Gasteiger partial charge in [-0.3, -0.25) is 9.59 Å². The van der Waals surface area contributed by atoms with Crippen molar-refractivity contribution in [1.29, 1.82) is 0 Å². The van der Waals surface area contributed by atoms with Crippen LogP contribution in [0.1, 0.15) is 24.0 Å². The van der Waals surface area contributed by atoms with Crippen molar-refractivity contribution in [2.45, 2.75) is 19.8 Å². The van der Waals surface area contributed by atoms with Crippen LogP contribution in [0.2, 0.25) is 0 Å². The molecule has 23 heavy (non-hydrogen) atoms. The Bertz CT molecular complexity index is 679. The summed E-state index contributed by atoms with van der Waals surface area (Å²) in [5.74, 6) is -0.495. The van der Waals surface area contributed by atoms with Crippen LogP contribution in [0.25, 0.3) is 0 Å². The molecule has 2 aromatic carbocycles. The number of benzene rings is 2. The van der Waals surface area contributed by atoms with E-state index in [1.54, 1.807) is 18.3 Å². The van der Waals surface area contributed by atoms with E-state index in [0.717, 1.165) is 16.8 Å². The van der Waals surface area contributed by atoms with Crippen molar-refractivity contribution in [2.75, 3.05) is 5.32 Å². The minimum absolute atomic E-state index is 0.0872. The van der Waals surface area contributed by atoms with Crippen molar-refractivity contribution in [1.82, 2.24) is 5.43 Å². The molecule has 0 heterocycles. The van der Waals surface area contributed by atoms with Crippen LogP contribution < -0.4 is 10.7 Å². The van der Waals surface area contributed by atoms with E-state index in [1.807, 2.05) is 49.4 Å². The number of hydrogen-bond donors (Lipinski definition) is 2. The van der Waals surface area contributed by atoms with Gasteiger partial charge >= 0.3 is 0 Å². The highest BCUT2D eigenvalue weighted by atomic mass is 16.2. The van der Waals surface area contributed by atoms with Gasteiger partial charge in [-0.15, -0.1) is 0 Å². The van der Waals surface area contributed by atoms with Gasteiger partial charge in [0, 0.05) is 18.5 Å². The number of hydrogen-bond acceptors (Lipinski definition) is 3. The van der Waals surface area contributed by atoms with Gasteiger partial charge in [0.15, 0.2) is 0 Å². The maximum absolute atomic E-state index is 11.7. The Labute approximate surface area is 135 Å². The van der Waals surface area contributed by atoms with Gasteiger partial charge in [0.1, 0.15) is 0 Å². The molecule has 5 heteroatoms. The van der Waals surface area contributed by atoms with Crippen LogP contribution in [0.5, 0.6) is 0 Å². The number of carbonyl (C=O) groups is 2. The van der Waals surface area contributed by atoms with Gasteiger partial charge in [0.2, 0.25) is 11.8 Å². The van der Waals surface area contributed by atoms with Gasteiger partial charge in [-0.25, -0.2) is 5.43 Å². The molecule has 0 spiro atoms. The number of nitrogens with one attached hydrogen (secondary N) is 2. The molecule has 2 aromatic rings. The Hall–Kier alpha value is -2.95. The first kappa shape index (κ1) is 16.4. The number of rotatable bonds is 6. The lowest BCUT2D eigenvalue weighted by Crippen LogP contribution is -2.20. The molecule has 2 rings (SSSR count). The second-order valence-corrected chi connectivity index (χ2v) is 5.12. The Balaban J connectivity index is 1.70. The van der Waals surface area contributed by atoms with E-state index < -0.39 is 0 Å². The SMILES string of the molecule is Cc1ccc(/C=N/NC(=O)CCC(=O)Nc2ccccc2)cc1. The summed E-state index contributed by atoms with van der Waals surface area (Å²) >= 11 is 0. The number of carbonyl (C=O) groups excluding carboxylic acids is 2. The molecule has 0 aliphatic heterocycles. The van der Waals surface area contributed by atoms with Crippen LogP contribution in [0.15, 0.2) is 59.7 Å². The van der Waals surface area contributed by atoms with E-state index in [1.165, 1.54) is 0 Å². The third-order valence-electron chi connectivity index (χ3n) is 3.12. The van der Waals surface area contributed by atoms with E-state index in [4.69, 9.17) is 0 Å². The molecule has 0 fully saturated rings. The van der Waals surface area contributed by atoms with E-state index in [2.05, 4.69) is 15.8 Å². The van der Waals surface area contributed by atoms with Crippen LogP contribution in [-0.2, 0) is 9.59 Å². The van der Waals surface area contributed by atoms with Crippen molar-refractivity contribution in [3.8, 4) is 0 Å². The van der Waals surface area contributed by atoms with E-state index in [0.29, 0.717) is 0 Å². The Morgan fingerprint density at radius 2 is 1.61 bits per heavy atom. The van der Waals surface area contributed by atoms with Crippen molar-refractivity contribution >= 4 is 23.7 Å². The smallest absolute Gasteiger partial charge is 0.240 e. The predicted octanol–water partition coefficient (Wildman–Crippen LogP) is 2.86. The number of nitrogens with zero attached hydrogens (tertiary/aromatic N) is 1. The number of hydrazone groups is 1. The lowest BCUT2D eigenvalue weighted by Gasteiger charge is -2.04. The summed E-state index contributed by atoms with van der Waals surface area (Å²) in [6.07, 6.45) is 1.77. The van der Waals surface area contributed by atoms with E-state index in [-0.39, 0.29) is 24.7 Å². The fourth-order valence-electron chi connectivity index (χ4n) is 1.86. The number of para-hydroxylation sites is 1. The van der Waals surface area contributed by atoms with Gasteiger partial charge in [-0.1, -0.05) is 48.0 Å². The van der Waals surface area contributed by atoms with Gasteiger partial charge in [0.25, 0.3) is 0 Å². The first-order valence-corrected chi connectivity index (χ1v) is 7.37. The molecule has 5 nitrogen and oxygen atoms in total. The molecule has 0 aromatic heterocycles. The van der Waals surface area contributed by atoms with Gasteiger partial charge in [-0.05, 0) is 24.6 Å². The fraction of sp³-hybridized carbons (Fsp3) is 0.167. The van der Waals surface area contributed by atoms with Gasteiger partial charge < -0.3 is 5.32 Å². The zero-order valence-corrected chi connectivity index (χ0v) is 13.0. The Morgan fingerprint density at radius 1 is 0.957 bits per heavy atom. The van der Waals surface area contributed by atoms with Crippen LogP contribution in [0.3, 0.4) is 0 Å². The Morgan fingerprint density at radius 3 is 2.30 bits per heavy atom. The average Bonchev–Trinajstić information content (AvgIpc) is 2.56. The van der Waals surface area contributed by atoms with Crippen LogP contribution in [0, 0.1) is 6.92 Å². The van der Waals surface area contributed by atoms with Crippen molar-refractivity contribution in [2.24, 2.45) is 5.10 Å². The lowest BCUT2D eigenvalue weighted by molar-refractivity contribution is -0.124. The maximum Gasteiger partial charge on any atom is 0.240 e. The maximum atomic E-state index is 11.7. The van der Waals surface area contributed by atoms with Gasteiger partial charge in [-0.2, -0.15) is 5.10 Å². The third-order valence-corrected chi connectivity index (χ3v) is 3.12. The normalized spacial score (nSPS) is 10.5. The second-order valence-electron chi connectivity index (χ2n) is 5.12. The molecule has 0 unspecified atom stereocenters. The standard InChI is InChI=1S/C18H19N3O2/c1-14-7-9-15(10-8-14)13-19-21-18(23)12-11-17(22)20-16-5-3-2-4-6-16/h2-10,13H,11-12H2,1H3,(H,20,22)(H,21,23)/b19-13+. The number of amides is 2. The highest BCUT2D eigenvalue weighted by Gasteiger charge is 2.06. The summed E-state index contributed by atoms with van der Waals surface area (Å²) in [4.78, 5) is 23.4. The Kier molecular flexibility index (Phi) is 6.06. The number of anilines is 1. The van der Waals surface area contributed by atoms with Crippen molar-refractivity contribution in [3.05, 3.63) is 65.7 Å². The molecule has 0 saturated heterocycles. The zero-order valence-electron chi connectivity index (χ0n) is 13.0. The lowest BCUT2D eigenvalue weighted by atomic mass is 10.2. The summed E-state index contributed by atoms with van der Waals surface area (Å²) in [6, 6.07) is 16.9. The summed E-state index contributed by atoms with van der Waals surface area (Å²) < 4.78 is 0. The molecule has 118 valence electrons. The summed E-state index contributed by atoms with van der Waals surface area (Å²) in [5, 5.41) is 6.60. The largest absolute Gasteiger partial charge is 0.326 e. The summed E-state index contributed by atoms with van der Waals surface area (Å²) in [7, 11) is 0. The van der Waals surface area contributed by atoms with E-state index >= 15 is 0 Å². The first-order chi connectivity index (χ1) is 11.1. The molecule has 2 N–H and O–H groups in total. The average molecular weight is 309 g/mol. The van der Waals surface area contributed by atoms with Crippen molar-refractivity contribution < 1.29 is 9.59 Å². The molecule has 0 atom stereocenters. The predicted molar refractivity (Wildman–Crippen MR) is 91.2 cm³/mol. The molecular weight excluding hydrogens is 290 g/mol. The molecule has 2 amide bonds. The molecular formula is C18H19N3O2. The monoisotopic (exact) mass is 309 g/mol.